The average Bonchev–Trinajstić information content (AvgIpc) is 3.17. The fraction of sp³-hybridized carbons (Fsp3) is 0.200. The molecule has 0 N–H and O–H groups in total. The Morgan fingerprint density at radius 2 is 1.95 bits per heavy atom. The normalized spacial score (nSPS) is 10.7. The summed E-state index contributed by atoms with van der Waals surface area (Å²) in [6, 6.07) is 11.2. The summed E-state index contributed by atoms with van der Waals surface area (Å²) in [4.78, 5) is 13.9. The van der Waals surface area contributed by atoms with Crippen molar-refractivity contribution >= 4 is 5.78 Å². The number of benzene rings is 1. The summed E-state index contributed by atoms with van der Waals surface area (Å²) in [5.74, 6) is -0.164. The molecule has 6 nitrogen and oxygen atoms in total. The van der Waals surface area contributed by atoms with E-state index in [0.717, 1.165) is 12.1 Å². The number of carbonyl (C=O) groups excluding carboxylic acids is 1. The van der Waals surface area contributed by atoms with Crippen molar-refractivity contribution in [3.8, 4) is 5.69 Å². The molecule has 1 aromatic carbocycles. The fourth-order valence-corrected chi connectivity index (χ4v) is 2.10. The number of para-hydroxylation sites is 1. The molecule has 2 heterocycles. The molecule has 0 saturated heterocycles. The number of aromatic nitrogens is 5. The Bertz CT molecular complexity index is 744. The maximum atomic E-state index is 12.5. The van der Waals surface area contributed by atoms with Crippen LogP contribution in [0.5, 0.6) is 0 Å². The van der Waals surface area contributed by atoms with Crippen molar-refractivity contribution in [3.63, 3.8) is 0 Å². The lowest BCUT2D eigenvalue weighted by molar-refractivity contribution is 0.102. The second-order valence-electron chi connectivity index (χ2n) is 4.62. The summed E-state index contributed by atoms with van der Waals surface area (Å²) in [6.45, 7) is 2.75. The van der Waals surface area contributed by atoms with Gasteiger partial charge in [-0.1, -0.05) is 25.1 Å². The molecule has 0 unspecified atom stereocenters. The minimum absolute atomic E-state index is 0.164. The van der Waals surface area contributed by atoms with Crippen LogP contribution in [0, 0.1) is 0 Å². The monoisotopic (exact) mass is 281 g/mol. The van der Waals surface area contributed by atoms with E-state index in [-0.39, 0.29) is 5.78 Å². The molecule has 0 aliphatic carbocycles. The van der Waals surface area contributed by atoms with Crippen LogP contribution in [-0.4, -0.2) is 30.6 Å². The van der Waals surface area contributed by atoms with Crippen molar-refractivity contribution in [2.45, 2.75) is 19.9 Å². The molecular formula is C15H15N5O. The highest BCUT2D eigenvalue weighted by molar-refractivity contribution is 6.06. The second-order valence-corrected chi connectivity index (χ2v) is 4.62. The fourth-order valence-electron chi connectivity index (χ4n) is 2.10. The van der Waals surface area contributed by atoms with E-state index in [1.165, 1.54) is 11.0 Å². The zero-order valence-corrected chi connectivity index (χ0v) is 11.7. The third kappa shape index (κ3) is 2.60. The Morgan fingerprint density at radius 3 is 2.71 bits per heavy atom. The molecule has 0 aliphatic rings. The Kier molecular flexibility index (Phi) is 3.59. The number of nitrogens with zero attached hydrogens (tertiary/aromatic N) is 5. The smallest absolute Gasteiger partial charge is 0.232 e. The van der Waals surface area contributed by atoms with Gasteiger partial charge in [-0.25, -0.2) is 0 Å². The van der Waals surface area contributed by atoms with Crippen LogP contribution in [0.15, 0.2) is 48.8 Å². The van der Waals surface area contributed by atoms with Crippen LogP contribution < -0.4 is 0 Å². The molecule has 0 aliphatic heterocycles. The zero-order chi connectivity index (χ0) is 14.7. The van der Waals surface area contributed by atoms with Gasteiger partial charge < -0.3 is 0 Å². The Labute approximate surface area is 122 Å². The predicted octanol–water partition coefficient (Wildman–Crippen LogP) is 2.10. The van der Waals surface area contributed by atoms with E-state index in [1.807, 2.05) is 37.3 Å². The van der Waals surface area contributed by atoms with E-state index in [1.54, 1.807) is 16.9 Å². The minimum atomic E-state index is -0.164. The number of hydrogen-bond acceptors (Lipinski definition) is 4. The van der Waals surface area contributed by atoms with Gasteiger partial charge in [0.1, 0.15) is 5.69 Å². The summed E-state index contributed by atoms with van der Waals surface area (Å²) in [5.41, 5.74) is 1.67. The van der Waals surface area contributed by atoms with Crippen LogP contribution in [0.25, 0.3) is 5.69 Å². The van der Waals surface area contributed by atoms with Gasteiger partial charge in [0.2, 0.25) is 5.78 Å². The van der Waals surface area contributed by atoms with Gasteiger partial charge in [0.15, 0.2) is 5.69 Å². The van der Waals surface area contributed by atoms with Crippen molar-refractivity contribution in [2.24, 2.45) is 0 Å². The summed E-state index contributed by atoms with van der Waals surface area (Å²) >= 11 is 0. The summed E-state index contributed by atoms with van der Waals surface area (Å²) in [7, 11) is 0. The summed E-state index contributed by atoms with van der Waals surface area (Å²) < 4.78 is 1.70. The van der Waals surface area contributed by atoms with E-state index in [0.29, 0.717) is 17.9 Å². The Morgan fingerprint density at radius 1 is 1.14 bits per heavy atom. The molecule has 0 spiro atoms. The molecule has 3 aromatic rings. The standard InChI is InChI=1S/C15H15N5O/c1-2-10-19-14(8-9-16-19)15(21)13-11-17-20(18-13)12-6-4-3-5-7-12/h3-9,11H,2,10H2,1H3. The van der Waals surface area contributed by atoms with Crippen LogP contribution in [0.1, 0.15) is 29.5 Å². The lowest BCUT2D eigenvalue weighted by Gasteiger charge is -2.03. The van der Waals surface area contributed by atoms with Crippen molar-refractivity contribution in [1.82, 2.24) is 24.8 Å². The maximum Gasteiger partial charge on any atom is 0.232 e. The van der Waals surface area contributed by atoms with E-state index in [2.05, 4.69) is 15.3 Å². The Hall–Kier alpha value is -2.76. The van der Waals surface area contributed by atoms with Gasteiger partial charge in [-0.05, 0) is 24.6 Å². The third-order valence-electron chi connectivity index (χ3n) is 3.10. The topological polar surface area (TPSA) is 65.6 Å². The van der Waals surface area contributed by atoms with Gasteiger partial charge in [0.25, 0.3) is 0 Å². The number of ketones is 1. The van der Waals surface area contributed by atoms with Crippen molar-refractivity contribution in [1.29, 1.82) is 0 Å². The largest absolute Gasteiger partial charge is 0.285 e. The lowest BCUT2D eigenvalue weighted by Crippen LogP contribution is -2.12. The average molecular weight is 281 g/mol. The molecule has 0 fully saturated rings. The summed E-state index contributed by atoms with van der Waals surface area (Å²) in [6.07, 6.45) is 4.03. The Balaban J connectivity index is 1.89. The van der Waals surface area contributed by atoms with E-state index in [4.69, 9.17) is 0 Å². The highest BCUT2D eigenvalue weighted by atomic mass is 16.1. The molecule has 0 atom stereocenters. The molecule has 0 amide bonds. The van der Waals surface area contributed by atoms with Crippen LogP contribution in [-0.2, 0) is 6.54 Å². The van der Waals surface area contributed by atoms with Crippen molar-refractivity contribution in [3.05, 3.63) is 60.2 Å². The molecule has 21 heavy (non-hydrogen) atoms. The van der Waals surface area contributed by atoms with Crippen LogP contribution >= 0.6 is 0 Å². The molecule has 2 aromatic heterocycles. The van der Waals surface area contributed by atoms with Crippen molar-refractivity contribution in [2.75, 3.05) is 0 Å². The van der Waals surface area contributed by atoms with Gasteiger partial charge in [-0.3, -0.25) is 9.48 Å². The zero-order valence-electron chi connectivity index (χ0n) is 11.7. The molecule has 0 bridgehead atoms. The minimum Gasteiger partial charge on any atom is -0.285 e. The second kappa shape index (κ2) is 5.70. The first-order chi connectivity index (χ1) is 10.3. The molecule has 6 heteroatoms. The highest BCUT2D eigenvalue weighted by Crippen LogP contribution is 2.09. The van der Waals surface area contributed by atoms with Crippen LogP contribution in [0.4, 0.5) is 0 Å². The maximum absolute atomic E-state index is 12.5. The van der Waals surface area contributed by atoms with E-state index >= 15 is 0 Å². The number of carbonyl (C=O) groups is 1. The van der Waals surface area contributed by atoms with Gasteiger partial charge in [0, 0.05) is 12.7 Å². The van der Waals surface area contributed by atoms with Gasteiger partial charge in [0.05, 0.1) is 11.9 Å². The molecule has 106 valence electrons. The summed E-state index contributed by atoms with van der Waals surface area (Å²) in [5, 5.41) is 12.6. The molecule has 0 saturated carbocycles. The van der Waals surface area contributed by atoms with Crippen LogP contribution in [0.2, 0.25) is 0 Å². The SMILES string of the molecule is CCCn1nccc1C(=O)c1cnn(-c2ccccc2)n1. The van der Waals surface area contributed by atoms with Crippen molar-refractivity contribution < 1.29 is 4.79 Å². The van der Waals surface area contributed by atoms with Crippen LogP contribution in [0.3, 0.4) is 0 Å². The van der Waals surface area contributed by atoms with E-state index in [9.17, 15) is 4.79 Å². The quantitative estimate of drug-likeness (QED) is 0.672. The van der Waals surface area contributed by atoms with Gasteiger partial charge in [-0.2, -0.15) is 15.0 Å². The predicted molar refractivity (Wildman–Crippen MR) is 77.3 cm³/mol. The first kappa shape index (κ1) is 13.2. The molecular weight excluding hydrogens is 266 g/mol. The molecule has 0 radical (unpaired) electrons. The lowest BCUT2D eigenvalue weighted by atomic mass is 10.2. The first-order valence-electron chi connectivity index (χ1n) is 6.84. The third-order valence-corrected chi connectivity index (χ3v) is 3.10. The highest BCUT2D eigenvalue weighted by Gasteiger charge is 2.17. The number of rotatable bonds is 5. The number of aryl methyl sites for hydroxylation is 1. The molecule has 3 rings (SSSR count). The van der Waals surface area contributed by atoms with E-state index < -0.39 is 0 Å². The van der Waals surface area contributed by atoms with Gasteiger partial charge >= 0.3 is 0 Å². The number of hydrogen-bond donors (Lipinski definition) is 0. The first-order valence-corrected chi connectivity index (χ1v) is 6.84. The van der Waals surface area contributed by atoms with Gasteiger partial charge in [-0.15, -0.1) is 5.10 Å².